The predicted octanol–water partition coefficient (Wildman–Crippen LogP) is 3.66. The number of aromatic nitrogens is 1. The van der Waals surface area contributed by atoms with Crippen molar-refractivity contribution in [3.8, 4) is 11.3 Å². The van der Waals surface area contributed by atoms with Gasteiger partial charge in [-0.15, -0.1) is 0 Å². The highest BCUT2D eigenvalue weighted by molar-refractivity contribution is 6.05. The molecular weight excluding hydrogens is 426 g/mol. The molecule has 1 aliphatic heterocycles. The first-order valence-corrected chi connectivity index (χ1v) is 11.9. The molecule has 174 valence electrons. The van der Waals surface area contributed by atoms with E-state index in [1.54, 1.807) is 11.8 Å². The molecule has 34 heavy (non-hydrogen) atoms. The molecule has 2 aliphatic rings. The van der Waals surface area contributed by atoms with Crippen LogP contribution < -0.4 is 5.73 Å². The summed E-state index contributed by atoms with van der Waals surface area (Å²) in [5, 5.41) is 8.90. The summed E-state index contributed by atoms with van der Waals surface area (Å²) >= 11 is 0. The number of rotatable bonds is 3. The normalized spacial score (nSPS) is 15.8. The van der Waals surface area contributed by atoms with Crippen LogP contribution in [0.1, 0.15) is 46.8 Å². The molecule has 0 radical (unpaired) electrons. The lowest BCUT2D eigenvalue weighted by Gasteiger charge is -2.34. The van der Waals surface area contributed by atoms with Crippen LogP contribution in [0.4, 0.5) is 5.69 Å². The van der Waals surface area contributed by atoms with Crippen LogP contribution in [0.3, 0.4) is 0 Å². The van der Waals surface area contributed by atoms with Crippen LogP contribution in [-0.2, 0) is 17.6 Å². The number of anilines is 1. The van der Waals surface area contributed by atoms with Gasteiger partial charge >= 0.3 is 0 Å². The third kappa shape index (κ3) is 3.81. The largest absolute Gasteiger partial charge is 0.398 e. The number of nitrogens with two attached hydrogens (primary N) is 1. The van der Waals surface area contributed by atoms with Gasteiger partial charge in [-0.25, -0.2) is 4.98 Å². The van der Waals surface area contributed by atoms with Gasteiger partial charge in [-0.3, -0.25) is 9.59 Å². The fourth-order valence-electron chi connectivity index (χ4n) is 5.24. The maximum atomic E-state index is 13.0. The van der Waals surface area contributed by atoms with E-state index in [4.69, 9.17) is 16.1 Å². The van der Waals surface area contributed by atoms with E-state index in [-0.39, 0.29) is 11.8 Å². The van der Waals surface area contributed by atoms with Crippen molar-refractivity contribution in [2.24, 2.45) is 0 Å². The van der Waals surface area contributed by atoms with E-state index in [1.165, 1.54) is 17.3 Å². The van der Waals surface area contributed by atoms with Gasteiger partial charge in [-0.2, -0.15) is 0 Å². The minimum absolute atomic E-state index is 0.00523. The molecule has 5 rings (SSSR count). The Kier molecular flexibility index (Phi) is 5.77. The Labute approximate surface area is 199 Å². The molecule has 0 unspecified atom stereocenters. The van der Waals surface area contributed by atoms with Gasteiger partial charge in [0.05, 0.1) is 11.2 Å². The van der Waals surface area contributed by atoms with Gasteiger partial charge in [0.2, 0.25) is 5.91 Å². The van der Waals surface area contributed by atoms with E-state index in [0.29, 0.717) is 37.4 Å². The van der Waals surface area contributed by atoms with E-state index in [1.807, 2.05) is 41.3 Å². The van der Waals surface area contributed by atoms with Crippen LogP contribution in [0.2, 0.25) is 0 Å². The van der Waals surface area contributed by atoms with Crippen molar-refractivity contribution in [1.29, 1.82) is 5.41 Å². The zero-order chi connectivity index (χ0) is 23.8. The number of hydrogen-bond donors (Lipinski definition) is 2. The Bertz CT molecular complexity index is 1290. The highest BCUT2D eigenvalue weighted by atomic mass is 16.2. The molecule has 1 saturated heterocycles. The molecule has 7 heteroatoms. The number of amides is 2. The smallest absolute Gasteiger partial charge is 0.253 e. The van der Waals surface area contributed by atoms with E-state index >= 15 is 0 Å². The second kappa shape index (κ2) is 8.89. The first-order chi connectivity index (χ1) is 16.5. The Hall–Kier alpha value is -3.74. The number of benzene rings is 2. The molecule has 1 aliphatic carbocycles. The van der Waals surface area contributed by atoms with E-state index in [9.17, 15) is 9.59 Å². The molecule has 2 heterocycles. The number of pyridine rings is 1. The second-order valence-corrected chi connectivity index (χ2v) is 9.11. The Morgan fingerprint density at radius 3 is 2.24 bits per heavy atom. The van der Waals surface area contributed by atoms with Crippen molar-refractivity contribution < 1.29 is 9.59 Å². The SMILES string of the molecule is CC(=O)N1CCN(C(=O)c2ccc(-c3nc4ccc(N)c(C=N)c4c4c3CCCC4)cc2)CC1. The highest BCUT2D eigenvalue weighted by Gasteiger charge is 2.24. The van der Waals surface area contributed by atoms with Gasteiger partial charge < -0.3 is 20.9 Å². The molecule has 2 amide bonds. The number of nitrogens with one attached hydrogen (secondary N) is 1. The first-order valence-electron chi connectivity index (χ1n) is 11.9. The van der Waals surface area contributed by atoms with Crippen molar-refractivity contribution in [1.82, 2.24) is 14.8 Å². The van der Waals surface area contributed by atoms with Crippen LogP contribution in [0, 0.1) is 5.41 Å². The zero-order valence-electron chi connectivity index (χ0n) is 19.4. The summed E-state index contributed by atoms with van der Waals surface area (Å²) in [6.07, 6.45) is 5.46. The molecule has 0 atom stereocenters. The van der Waals surface area contributed by atoms with Gasteiger partial charge in [0.15, 0.2) is 0 Å². The van der Waals surface area contributed by atoms with E-state index < -0.39 is 0 Å². The topological polar surface area (TPSA) is 103 Å². The molecule has 0 bridgehead atoms. The average molecular weight is 456 g/mol. The molecule has 0 saturated carbocycles. The summed E-state index contributed by atoms with van der Waals surface area (Å²) in [4.78, 5) is 33.2. The number of nitrogen functional groups attached to an aromatic ring is 1. The van der Waals surface area contributed by atoms with Gasteiger partial charge in [-0.05, 0) is 61.1 Å². The van der Waals surface area contributed by atoms with E-state index in [2.05, 4.69) is 0 Å². The lowest BCUT2D eigenvalue weighted by Crippen LogP contribution is -2.50. The number of carbonyl (C=O) groups is 2. The molecule has 3 N–H and O–H groups in total. The monoisotopic (exact) mass is 455 g/mol. The molecule has 1 aromatic heterocycles. The van der Waals surface area contributed by atoms with Gasteiger partial charge in [0.25, 0.3) is 5.91 Å². The molecular formula is C27H29N5O2. The summed E-state index contributed by atoms with van der Waals surface area (Å²) in [7, 11) is 0. The summed E-state index contributed by atoms with van der Waals surface area (Å²) in [5.41, 5.74) is 13.5. The number of hydrogen-bond acceptors (Lipinski definition) is 5. The van der Waals surface area contributed by atoms with Gasteiger partial charge in [0.1, 0.15) is 0 Å². The molecule has 2 aromatic carbocycles. The van der Waals surface area contributed by atoms with E-state index in [0.717, 1.165) is 53.4 Å². The minimum Gasteiger partial charge on any atom is -0.398 e. The van der Waals surface area contributed by atoms with Gasteiger partial charge in [0, 0.05) is 67.1 Å². The maximum Gasteiger partial charge on any atom is 0.253 e. The van der Waals surface area contributed by atoms with Gasteiger partial charge in [-0.1, -0.05) is 12.1 Å². The number of aryl methyl sites for hydroxylation is 1. The Morgan fingerprint density at radius 1 is 0.941 bits per heavy atom. The second-order valence-electron chi connectivity index (χ2n) is 9.11. The Morgan fingerprint density at radius 2 is 1.59 bits per heavy atom. The Balaban J connectivity index is 1.48. The predicted molar refractivity (Wildman–Crippen MR) is 134 cm³/mol. The number of carbonyl (C=O) groups excluding carboxylic acids is 2. The van der Waals surface area contributed by atoms with Crippen LogP contribution in [0.15, 0.2) is 36.4 Å². The molecule has 3 aromatic rings. The third-order valence-corrected chi connectivity index (χ3v) is 7.11. The minimum atomic E-state index is -0.00523. The number of fused-ring (bicyclic) bond motifs is 3. The van der Waals surface area contributed by atoms with Crippen molar-refractivity contribution in [3.05, 3.63) is 58.7 Å². The van der Waals surface area contributed by atoms with Crippen molar-refractivity contribution in [2.75, 3.05) is 31.9 Å². The van der Waals surface area contributed by atoms with Crippen molar-refractivity contribution >= 4 is 34.6 Å². The summed E-state index contributed by atoms with van der Waals surface area (Å²) < 4.78 is 0. The van der Waals surface area contributed by atoms with Crippen LogP contribution in [0.5, 0.6) is 0 Å². The standard InChI is InChI=1S/C27H29N5O2/c1-17(33)31-12-14-32(15-13-31)27(34)19-8-6-18(7-9-19)26-21-5-3-2-4-20(21)25-22(16-28)23(29)10-11-24(25)30-26/h6-11,16,28H,2-5,12-15,29H2,1H3. The van der Waals surface area contributed by atoms with Crippen molar-refractivity contribution in [2.45, 2.75) is 32.6 Å². The number of nitrogens with zero attached hydrogens (tertiary/aromatic N) is 3. The molecule has 0 spiro atoms. The summed E-state index contributed by atoms with van der Waals surface area (Å²) in [6.45, 7) is 3.83. The highest BCUT2D eigenvalue weighted by Crippen LogP contribution is 2.37. The lowest BCUT2D eigenvalue weighted by atomic mass is 9.85. The number of piperazine rings is 1. The third-order valence-electron chi connectivity index (χ3n) is 7.11. The summed E-state index contributed by atoms with van der Waals surface area (Å²) in [6, 6.07) is 11.5. The van der Waals surface area contributed by atoms with Crippen LogP contribution >= 0.6 is 0 Å². The lowest BCUT2D eigenvalue weighted by molar-refractivity contribution is -0.130. The zero-order valence-corrected chi connectivity index (χ0v) is 19.4. The van der Waals surface area contributed by atoms with Crippen molar-refractivity contribution in [3.63, 3.8) is 0 Å². The molecule has 1 fully saturated rings. The molecule has 7 nitrogen and oxygen atoms in total. The fourth-order valence-corrected chi connectivity index (χ4v) is 5.24. The summed E-state index contributed by atoms with van der Waals surface area (Å²) in [5.74, 6) is 0.0486. The average Bonchev–Trinajstić information content (AvgIpc) is 2.88. The van der Waals surface area contributed by atoms with Crippen LogP contribution in [0.25, 0.3) is 22.2 Å². The first kappa shape index (κ1) is 22.1. The fraction of sp³-hybridized carbons (Fsp3) is 0.333. The van der Waals surface area contributed by atoms with Crippen LogP contribution in [-0.4, -0.2) is 59.0 Å². The maximum absolute atomic E-state index is 13.0. The quantitative estimate of drug-likeness (QED) is 0.465.